The molecule has 9 heteroatoms. The first-order valence-electron chi connectivity index (χ1n) is 11.7. The van der Waals surface area contributed by atoms with Crippen LogP contribution in [0.1, 0.15) is 25.3 Å². The van der Waals surface area contributed by atoms with Gasteiger partial charge in [-0.15, -0.1) is 0 Å². The molecule has 0 radical (unpaired) electrons. The summed E-state index contributed by atoms with van der Waals surface area (Å²) in [6.45, 7) is 0. The lowest BCUT2D eigenvalue weighted by atomic mass is 10.1. The lowest BCUT2D eigenvalue weighted by Gasteiger charge is -2.19. The molecule has 0 unspecified atom stereocenters. The third-order valence-corrected chi connectivity index (χ3v) is 7.38. The number of nitrogens with zero attached hydrogens (tertiary/aromatic N) is 5. The zero-order valence-electron chi connectivity index (χ0n) is 19.8. The Hall–Kier alpha value is -3.72. The molecule has 0 amide bonds. The third kappa shape index (κ3) is 3.41. The van der Waals surface area contributed by atoms with Gasteiger partial charge in [0.1, 0.15) is 11.6 Å². The normalized spacial score (nSPS) is 18.5. The van der Waals surface area contributed by atoms with Crippen LogP contribution in [-0.2, 0) is 7.05 Å². The van der Waals surface area contributed by atoms with Gasteiger partial charge in [-0.2, -0.15) is 5.10 Å². The van der Waals surface area contributed by atoms with Crippen molar-refractivity contribution in [3.8, 4) is 17.1 Å². The molecular formula is C26H26F2N6O. The van der Waals surface area contributed by atoms with Crippen molar-refractivity contribution in [2.75, 3.05) is 14.1 Å². The maximum Gasteiger partial charge on any atom is 0.348 e. The van der Waals surface area contributed by atoms with Gasteiger partial charge in [0.25, 0.3) is 0 Å². The summed E-state index contributed by atoms with van der Waals surface area (Å²) in [7, 11) is 6.04. The average molecular weight is 477 g/mol. The predicted molar refractivity (Wildman–Crippen MR) is 132 cm³/mol. The van der Waals surface area contributed by atoms with Crippen molar-refractivity contribution in [2.24, 2.45) is 7.05 Å². The second-order valence-electron chi connectivity index (χ2n) is 9.67. The van der Waals surface area contributed by atoms with Crippen molar-refractivity contribution in [1.29, 1.82) is 0 Å². The van der Waals surface area contributed by atoms with Gasteiger partial charge in [0.15, 0.2) is 5.82 Å². The highest BCUT2D eigenvalue weighted by Crippen LogP contribution is 2.38. The SMILES string of the molecule is CN(C)[C@H]1CC[C@H](n2cc(-n3c(-c4cn(C)c5ccc(F)cc45)n[nH]c3=O)c3cc(F)ccc32)C1. The first-order valence-corrected chi connectivity index (χ1v) is 11.7. The summed E-state index contributed by atoms with van der Waals surface area (Å²) in [6.07, 6.45) is 6.81. The lowest BCUT2D eigenvalue weighted by Crippen LogP contribution is -2.25. The molecule has 2 atom stereocenters. The quantitative estimate of drug-likeness (QED) is 0.412. The lowest BCUT2D eigenvalue weighted by molar-refractivity contribution is 0.291. The van der Waals surface area contributed by atoms with Crippen LogP contribution in [0.4, 0.5) is 8.78 Å². The molecular weight excluding hydrogens is 450 g/mol. The van der Waals surface area contributed by atoms with Crippen molar-refractivity contribution in [3.63, 3.8) is 0 Å². The second kappa shape index (κ2) is 7.91. The van der Waals surface area contributed by atoms with E-state index in [4.69, 9.17) is 0 Å². The Morgan fingerprint density at radius 3 is 2.43 bits per heavy atom. The predicted octanol–water partition coefficient (Wildman–Crippen LogP) is 4.61. The molecule has 1 saturated carbocycles. The van der Waals surface area contributed by atoms with Crippen LogP contribution in [-0.4, -0.2) is 48.9 Å². The Kier molecular flexibility index (Phi) is 4.93. The number of H-pyrrole nitrogens is 1. The number of fused-ring (bicyclic) bond motifs is 2. The van der Waals surface area contributed by atoms with Crippen LogP contribution in [0, 0.1) is 11.6 Å². The fourth-order valence-electron chi connectivity index (χ4n) is 5.59. The molecule has 5 aromatic rings. The van der Waals surface area contributed by atoms with Crippen LogP contribution in [0.5, 0.6) is 0 Å². The van der Waals surface area contributed by atoms with Crippen LogP contribution >= 0.6 is 0 Å². The summed E-state index contributed by atoms with van der Waals surface area (Å²) in [5, 5.41) is 8.13. The fraction of sp³-hybridized carbons (Fsp3) is 0.308. The standard InChI is InChI=1S/C26H26F2N6O/c1-31(2)17-6-7-18(12-17)33-14-24(20-11-16(28)5-9-23(20)33)34-25(29-30-26(34)35)21-13-32(3)22-8-4-15(27)10-19(21)22/h4-5,8-11,13-14,17-18H,6-7,12H2,1-3H3,(H,30,35)/t17-,18-/m0/s1. The Labute approximate surface area is 200 Å². The van der Waals surface area contributed by atoms with Gasteiger partial charge in [-0.3, -0.25) is 0 Å². The van der Waals surface area contributed by atoms with Crippen molar-refractivity contribution in [1.82, 2.24) is 28.8 Å². The minimum atomic E-state index is -0.436. The first kappa shape index (κ1) is 21.8. The molecule has 1 fully saturated rings. The van der Waals surface area contributed by atoms with Gasteiger partial charge in [-0.05, 0) is 69.8 Å². The Morgan fingerprint density at radius 2 is 1.71 bits per heavy atom. The average Bonchev–Trinajstić information content (AvgIpc) is 3.58. The summed E-state index contributed by atoms with van der Waals surface area (Å²) in [5.74, 6) is -0.392. The van der Waals surface area contributed by atoms with Crippen molar-refractivity contribution < 1.29 is 8.78 Å². The van der Waals surface area contributed by atoms with Gasteiger partial charge in [0.05, 0.1) is 11.2 Å². The number of halogens is 2. The monoisotopic (exact) mass is 476 g/mol. The minimum Gasteiger partial charge on any atom is -0.350 e. The van der Waals surface area contributed by atoms with E-state index < -0.39 is 5.69 Å². The van der Waals surface area contributed by atoms with Crippen LogP contribution < -0.4 is 5.69 Å². The highest BCUT2D eigenvalue weighted by molar-refractivity contribution is 5.96. The zero-order chi connectivity index (χ0) is 24.4. The van der Waals surface area contributed by atoms with Crippen molar-refractivity contribution in [3.05, 3.63) is 70.9 Å². The number of hydrogen-bond donors (Lipinski definition) is 1. The van der Waals surface area contributed by atoms with E-state index in [0.717, 1.165) is 30.3 Å². The molecule has 7 nitrogen and oxygen atoms in total. The summed E-state index contributed by atoms with van der Waals surface area (Å²) < 4.78 is 34.1. The molecule has 3 heterocycles. The van der Waals surface area contributed by atoms with Gasteiger partial charge >= 0.3 is 5.69 Å². The van der Waals surface area contributed by atoms with E-state index in [1.165, 1.54) is 28.8 Å². The smallest absolute Gasteiger partial charge is 0.348 e. The number of hydrogen-bond acceptors (Lipinski definition) is 3. The second-order valence-corrected chi connectivity index (χ2v) is 9.67. The van der Waals surface area contributed by atoms with E-state index in [9.17, 15) is 13.6 Å². The van der Waals surface area contributed by atoms with Gasteiger partial charge in [-0.25, -0.2) is 23.2 Å². The number of benzene rings is 2. The van der Waals surface area contributed by atoms with E-state index in [1.54, 1.807) is 12.1 Å². The minimum absolute atomic E-state index is 0.238. The van der Waals surface area contributed by atoms with E-state index >= 15 is 0 Å². The van der Waals surface area contributed by atoms with Gasteiger partial charge in [0.2, 0.25) is 0 Å². The molecule has 3 aromatic heterocycles. The third-order valence-electron chi connectivity index (χ3n) is 7.38. The summed E-state index contributed by atoms with van der Waals surface area (Å²) in [6, 6.07) is 9.95. The Morgan fingerprint density at radius 1 is 1.00 bits per heavy atom. The number of aromatic amines is 1. The fourth-order valence-corrected chi connectivity index (χ4v) is 5.59. The number of rotatable bonds is 4. The van der Waals surface area contributed by atoms with Crippen LogP contribution in [0.3, 0.4) is 0 Å². The summed E-state index contributed by atoms with van der Waals surface area (Å²) >= 11 is 0. The van der Waals surface area contributed by atoms with Crippen molar-refractivity contribution >= 4 is 21.8 Å². The van der Waals surface area contributed by atoms with Gasteiger partial charge < -0.3 is 14.0 Å². The highest BCUT2D eigenvalue weighted by atomic mass is 19.1. The molecule has 0 saturated heterocycles. The largest absolute Gasteiger partial charge is 0.350 e. The van der Waals surface area contributed by atoms with E-state index in [0.29, 0.717) is 33.9 Å². The van der Waals surface area contributed by atoms with E-state index in [2.05, 4.69) is 33.8 Å². The zero-order valence-corrected chi connectivity index (χ0v) is 19.8. The molecule has 0 spiro atoms. The molecule has 0 aliphatic heterocycles. The number of aromatic nitrogens is 5. The van der Waals surface area contributed by atoms with Gasteiger partial charge in [-0.1, -0.05) is 0 Å². The van der Waals surface area contributed by atoms with Gasteiger partial charge in [0, 0.05) is 53.4 Å². The van der Waals surface area contributed by atoms with Crippen LogP contribution in [0.25, 0.3) is 38.9 Å². The molecule has 2 aromatic carbocycles. The number of nitrogens with one attached hydrogen (secondary N) is 1. The Balaban J connectivity index is 1.57. The molecule has 1 N–H and O–H groups in total. The maximum absolute atomic E-state index is 14.4. The number of aryl methyl sites for hydroxylation is 1. The molecule has 6 rings (SSSR count). The Bertz CT molecular complexity index is 1640. The molecule has 35 heavy (non-hydrogen) atoms. The molecule has 180 valence electrons. The molecule has 1 aliphatic rings. The summed E-state index contributed by atoms with van der Waals surface area (Å²) in [4.78, 5) is 15.3. The summed E-state index contributed by atoms with van der Waals surface area (Å²) in [5.41, 5.74) is 2.42. The topological polar surface area (TPSA) is 63.8 Å². The first-order chi connectivity index (χ1) is 16.8. The highest BCUT2D eigenvalue weighted by Gasteiger charge is 2.29. The van der Waals surface area contributed by atoms with E-state index in [1.807, 2.05) is 24.0 Å². The van der Waals surface area contributed by atoms with Crippen molar-refractivity contribution in [2.45, 2.75) is 31.3 Å². The molecule has 1 aliphatic carbocycles. The van der Waals surface area contributed by atoms with Crippen LogP contribution in [0.2, 0.25) is 0 Å². The maximum atomic E-state index is 14.4. The molecule has 0 bridgehead atoms. The van der Waals surface area contributed by atoms with E-state index in [-0.39, 0.29) is 17.7 Å². The van der Waals surface area contributed by atoms with Crippen LogP contribution in [0.15, 0.2) is 53.6 Å².